The van der Waals surface area contributed by atoms with Gasteiger partial charge in [-0.05, 0) is 54.6 Å². The first-order chi connectivity index (χ1) is 11.8. The Bertz CT molecular complexity index is 692. The van der Waals surface area contributed by atoms with Gasteiger partial charge in [-0.15, -0.1) is 0 Å². The van der Waals surface area contributed by atoms with Gasteiger partial charge in [0, 0.05) is 25.2 Å². The molecule has 0 saturated carbocycles. The van der Waals surface area contributed by atoms with Crippen molar-refractivity contribution in [1.29, 1.82) is 0 Å². The number of benzene rings is 2. The summed E-state index contributed by atoms with van der Waals surface area (Å²) in [5.74, 6) is 1.00. The second-order valence-corrected chi connectivity index (χ2v) is 7.28. The minimum Gasteiger partial charge on any atom is -0.496 e. The van der Waals surface area contributed by atoms with Crippen molar-refractivity contribution in [3.05, 3.63) is 54.1 Å². The van der Waals surface area contributed by atoms with E-state index in [0.29, 0.717) is 5.41 Å². The van der Waals surface area contributed by atoms with E-state index in [1.54, 1.807) is 7.11 Å². The average molecular weight is 322 g/mol. The molecule has 3 nitrogen and oxygen atoms in total. The summed E-state index contributed by atoms with van der Waals surface area (Å²) < 4.78 is 5.62. The van der Waals surface area contributed by atoms with Gasteiger partial charge in [0.15, 0.2) is 0 Å². The molecule has 2 aliphatic rings. The van der Waals surface area contributed by atoms with Crippen molar-refractivity contribution < 1.29 is 4.74 Å². The molecule has 1 N–H and O–H groups in total. The van der Waals surface area contributed by atoms with Crippen molar-refractivity contribution in [2.24, 2.45) is 5.41 Å². The van der Waals surface area contributed by atoms with E-state index in [1.807, 2.05) is 0 Å². The zero-order valence-electron chi connectivity index (χ0n) is 14.4. The van der Waals surface area contributed by atoms with Crippen LogP contribution in [0, 0.1) is 5.41 Å². The molecule has 126 valence electrons. The number of hydrogen-bond acceptors (Lipinski definition) is 3. The number of rotatable bonds is 4. The molecule has 4 rings (SSSR count). The molecule has 0 radical (unpaired) electrons. The standard InChI is InChI=1S/C21H26N2O/c1-24-20-8-7-18(17-5-3-2-4-6-17)13-19(20)14-23-12-10-21(16-23)9-11-22-15-21/h2-8,13,22H,9-12,14-16H2,1H3. The summed E-state index contributed by atoms with van der Waals surface area (Å²) in [6.07, 6.45) is 2.64. The smallest absolute Gasteiger partial charge is 0.123 e. The van der Waals surface area contributed by atoms with Crippen LogP contribution >= 0.6 is 0 Å². The van der Waals surface area contributed by atoms with Crippen molar-refractivity contribution >= 4 is 0 Å². The first-order valence-electron chi connectivity index (χ1n) is 8.93. The van der Waals surface area contributed by atoms with E-state index in [1.165, 1.54) is 55.7 Å². The van der Waals surface area contributed by atoms with Crippen molar-refractivity contribution in [2.75, 3.05) is 33.3 Å². The zero-order valence-corrected chi connectivity index (χ0v) is 14.4. The van der Waals surface area contributed by atoms with E-state index in [0.717, 1.165) is 12.3 Å². The van der Waals surface area contributed by atoms with Crippen LogP contribution in [0.3, 0.4) is 0 Å². The van der Waals surface area contributed by atoms with Gasteiger partial charge in [0.05, 0.1) is 7.11 Å². The van der Waals surface area contributed by atoms with Crippen LogP contribution in [0.5, 0.6) is 5.75 Å². The lowest BCUT2D eigenvalue weighted by Crippen LogP contribution is -2.29. The third-order valence-electron chi connectivity index (χ3n) is 5.63. The lowest BCUT2D eigenvalue weighted by atomic mass is 9.86. The molecule has 2 fully saturated rings. The van der Waals surface area contributed by atoms with Crippen molar-refractivity contribution in [3.8, 4) is 16.9 Å². The predicted molar refractivity (Wildman–Crippen MR) is 98.2 cm³/mol. The van der Waals surface area contributed by atoms with Gasteiger partial charge in [0.1, 0.15) is 5.75 Å². The third-order valence-corrected chi connectivity index (χ3v) is 5.63. The number of methoxy groups -OCH3 is 1. The highest BCUT2D eigenvalue weighted by molar-refractivity contribution is 5.65. The van der Waals surface area contributed by atoms with Gasteiger partial charge in [-0.2, -0.15) is 0 Å². The Hall–Kier alpha value is -1.84. The molecule has 24 heavy (non-hydrogen) atoms. The summed E-state index contributed by atoms with van der Waals surface area (Å²) in [5.41, 5.74) is 4.34. The molecule has 2 saturated heterocycles. The van der Waals surface area contributed by atoms with Gasteiger partial charge in [-0.25, -0.2) is 0 Å². The molecule has 0 bridgehead atoms. The van der Waals surface area contributed by atoms with Gasteiger partial charge >= 0.3 is 0 Å². The number of likely N-dealkylation sites (tertiary alicyclic amines) is 1. The molecule has 0 amide bonds. The Morgan fingerprint density at radius 3 is 2.71 bits per heavy atom. The van der Waals surface area contributed by atoms with E-state index < -0.39 is 0 Å². The molecule has 1 atom stereocenters. The van der Waals surface area contributed by atoms with Crippen molar-refractivity contribution in [3.63, 3.8) is 0 Å². The molecule has 0 aliphatic carbocycles. The van der Waals surface area contributed by atoms with Gasteiger partial charge in [0.2, 0.25) is 0 Å². The molecule has 3 heteroatoms. The third kappa shape index (κ3) is 3.06. The molecule has 2 aromatic carbocycles. The Labute approximate surface area is 144 Å². The number of nitrogens with one attached hydrogen (secondary N) is 1. The first kappa shape index (κ1) is 15.7. The van der Waals surface area contributed by atoms with E-state index in [9.17, 15) is 0 Å². The van der Waals surface area contributed by atoms with Crippen molar-refractivity contribution in [1.82, 2.24) is 10.2 Å². The number of nitrogens with zero attached hydrogens (tertiary/aromatic N) is 1. The van der Waals surface area contributed by atoms with Gasteiger partial charge < -0.3 is 10.1 Å². The average Bonchev–Trinajstić information content (AvgIpc) is 3.25. The molecule has 1 unspecified atom stereocenters. The normalized spacial score (nSPS) is 23.9. The summed E-state index contributed by atoms with van der Waals surface area (Å²) in [5, 5.41) is 3.54. The zero-order chi connectivity index (χ0) is 16.4. The summed E-state index contributed by atoms with van der Waals surface area (Å²) in [6.45, 7) is 5.75. The van der Waals surface area contributed by atoms with Crippen LogP contribution in [-0.4, -0.2) is 38.2 Å². The molecule has 1 spiro atoms. The summed E-state index contributed by atoms with van der Waals surface area (Å²) >= 11 is 0. The Morgan fingerprint density at radius 2 is 1.96 bits per heavy atom. The van der Waals surface area contributed by atoms with Gasteiger partial charge in [-0.1, -0.05) is 36.4 Å². The van der Waals surface area contributed by atoms with Crippen LogP contribution in [0.2, 0.25) is 0 Å². The first-order valence-corrected chi connectivity index (χ1v) is 8.93. The van der Waals surface area contributed by atoms with Crippen molar-refractivity contribution in [2.45, 2.75) is 19.4 Å². The Kier molecular flexibility index (Phi) is 4.30. The fraction of sp³-hybridized carbons (Fsp3) is 0.429. The molecule has 2 aliphatic heterocycles. The van der Waals surface area contributed by atoms with E-state index in [2.05, 4.69) is 58.7 Å². The summed E-state index contributed by atoms with van der Waals surface area (Å²) in [4.78, 5) is 2.60. The molecule has 2 heterocycles. The highest BCUT2D eigenvalue weighted by Gasteiger charge is 2.40. The minimum atomic E-state index is 0.518. The quantitative estimate of drug-likeness (QED) is 0.932. The van der Waals surface area contributed by atoms with Crippen LogP contribution in [-0.2, 0) is 6.54 Å². The van der Waals surface area contributed by atoms with E-state index in [4.69, 9.17) is 4.74 Å². The lowest BCUT2D eigenvalue weighted by molar-refractivity contribution is 0.265. The largest absolute Gasteiger partial charge is 0.496 e. The molecular formula is C21H26N2O. The van der Waals surface area contributed by atoms with Gasteiger partial charge in [0.25, 0.3) is 0 Å². The SMILES string of the molecule is COc1ccc(-c2ccccc2)cc1CN1CCC2(CCNC2)C1. The maximum Gasteiger partial charge on any atom is 0.123 e. The van der Waals surface area contributed by atoms with Crippen LogP contribution in [0.15, 0.2) is 48.5 Å². The topological polar surface area (TPSA) is 24.5 Å². The van der Waals surface area contributed by atoms with E-state index >= 15 is 0 Å². The second kappa shape index (κ2) is 6.58. The second-order valence-electron chi connectivity index (χ2n) is 7.28. The summed E-state index contributed by atoms with van der Waals surface area (Å²) in [7, 11) is 1.77. The maximum absolute atomic E-state index is 5.62. The Balaban J connectivity index is 1.55. The van der Waals surface area contributed by atoms with Crippen LogP contribution in [0.4, 0.5) is 0 Å². The highest BCUT2D eigenvalue weighted by atomic mass is 16.5. The summed E-state index contributed by atoms with van der Waals surface area (Å²) in [6, 6.07) is 17.2. The highest BCUT2D eigenvalue weighted by Crippen LogP contribution is 2.37. The predicted octanol–water partition coefficient (Wildman–Crippen LogP) is 3.55. The molecular weight excluding hydrogens is 296 g/mol. The fourth-order valence-electron chi connectivity index (χ4n) is 4.26. The maximum atomic E-state index is 5.62. The lowest BCUT2D eigenvalue weighted by Gasteiger charge is -2.23. The minimum absolute atomic E-state index is 0.518. The number of hydrogen-bond donors (Lipinski definition) is 1. The molecule has 2 aromatic rings. The van der Waals surface area contributed by atoms with E-state index in [-0.39, 0.29) is 0 Å². The Morgan fingerprint density at radius 1 is 1.08 bits per heavy atom. The molecule has 0 aromatic heterocycles. The van der Waals surface area contributed by atoms with Crippen LogP contribution in [0.25, 0.3) is 11.1 Å². The monoisotopic (exact) mass is 322 g/mol. The van der Waals surface area contributed by atoms with Crippen LogP contribution < -0.4 is 10.1 Å². The fourth-order valence-corrected chi connectivity index (χ4v) is 4.26. The number of ether oxygens (including phenoxy) is 1. The van der Waals surface area contributed by atoms with Gasteiger partial charge in [-0.3, -0.25) is 4.90 Å². The van der Waals surface area contributed by atoms with Crippen LogP contribution in [0.1, 0.15) is 18.4 Å².